The van der Waals surface area contributed by atoms with Crippen molar-refractivity contribution in [3.63, 3.8) is 0 Å². The van der Waals surface area contributed by atoms with Crippen molar-refractivity contribution in [1.29, 1.82) is 0 Å². The number of methoxy groups -OCH3 is 1. The molecule has 0 aromatic heterocycles. The molecular formula is C28H39N3O5S. The molecule has 202 valence electrons. The van der Waals surface area contributed by atoms with Crippen LogP contribution in [0.4, 0.5) is 0 Å². The summed E-state index contributed by atoms with van der Waals surface area (Å²) in [5.41, 5.74) is 0.933. The van der Waals surface area contributed by atoms with E-state index in [-0.39, 0.29) is 41.8 Å². The van der Waals surface area contributed by atoms with Crippen molar-refractivity contribution in [2.24, 2.45) is 5.92 Å². The number of piperidine rings is 1. The van der Waals surface area contributed by atoms with Crippen molar-refractivity contribution in [2.45, 2.75) is 57.5 Å². The molecule has 2 amide bonds. The van der Waals surface area contributed by atoms with Gasteiger partial charge in [0.25, 0.3) is 0 Å². The molecule has 9 heteroatoms. The molecule has 3 rings (SSSR count). The van der Waals surface area contributed by atoms with E-state index in [1.807, 2.05) is 49.9 Å². The van der Waals surface area contributed by atoms with E-state index in [1.165, 1.54) is 4.31 Å². The van der Waals surface area contributed by atoms with Crippen molar-refractivity contribution < 1.29 is 22.7 Å². The molecule has 1 fully saturated rings. The molecule has 0 atom stereocenters. The van der Waals surface area contributed by atoms with E-state index < -0.39 is 10.0 Å². The van der Waals surface area contributed by atoms with Crippen LogP contribution in [-0.4, -0.2) is 73.7 Å². The lowest BCUT2D eigenvalue weighted by Crippen LogP contribution is -2.51. The minimum absolute atomic E-state index is 0.0700. The normalized spacial score (nSPS) is 14.7. The Morgan fingerprint density at radius 2 is 1.65 bits per heavy atom. The van der Waals surface area contributed by atoms with Crippen molar-refractivity contribution in [2.75, 3.05) is 33.3 Å². The van der Waals surface area contributed by atoms with E-state index in [1.54, 1.807) is 42.3 Å². The van der Waals surface area contributed by atoms with Crippen LogP contribution in [0.2, 0.25) is 0 Å². The molecule has 1 aliphatic heterocycles. The van der Waals surface area contributed by atoms with E-state index in [0.717, 1.165) is 11.3 Å². The summed E-state index contributed by atoms with van der Waals surface area (Å²) in [5.74, 6) is 0.538. The van der Waals surface area contributed by atoms with Gasteiger partial charge in [0, 0.05) is 38.1 Å². The lowest BCUT2D eigenvalue weighted by molar-refractivity contribution is -0.139. The van der Waals surface area contributed by atoms with Gasteiger partial charge in [0.15, 0.2) is 0 Å². The third-order valence-corrected chi connectivity index (χ3v) is 8.57. The van der Waals surface area contributed by atoms with Gasteiger partial charge in [-0.25, -0.2) is 8.42 Å². The summed E-state index contributed by atoms with van der Waals surface area (Å²) in [6.45, 7) is 7.22. The molecule has 0 unspecified atom stereocenters. The number of ether oxygens (including phenoxy) is 1. The smallest absolute Gasteiger partial charge is 0.243 e. The fraction of sp³-hybridized carbons (Fsp3) is 0.500. The topological polar surface area (TPSA) is 87.2 Å². The standard InChI is InChI=1S/C28H39N3O5S/c1-5-17-30(37(34,35)26-9-7-6-8-10-26)21-27(32)31(20-23-11-13-25(36-4)14-12-23)24-15-18-29(19-16-24)28(33)22(2)3/h6-14,22,24H,5,15-21H2,1-4H3. The minimum atomic E-state index is -3.82. The average Bonchev–Trinajstić information content (AvgIpc) is 2.91. The molecule has 2 aromatic rings. The second-order valence-corrected chi connectivity index (χ2v) is 11.7. The Bertz CT molecular complexity index is 1130. The molecule has 0 N–H and O–H groups in total. The van der Waals surface area contributed by atoms with Crippen LogP contribution in [0.3, 0.4) is 0 Å². The number of rotatable bonds is 11. The molecule has 0 saturated carbocycles. The predicted molar refractivity (Wildman–Crippen MR) is 143 cm³/mol. The summed E-state index contributed by atoms with van der Waals surface area (Å²) < 4.78 is 33.3. The zero-order valence-corrected chi connectivity index (χ0v) is 23.1. The highest BCUT2D eigenvalue weighted by Crippen LogP contribution is 2.23. The molecule has 0 bridgehead atoms. The van der Waals surface area contributed by atoms with Crippen molar-refractivity contribution in [3.8, 4) is 5.75 Å². The zero-order chi connectivity index (χ0) is 27.0. The molecule has 1 heterocycles. The maximum Gasteiger partial charge on any atom is 0.243 e. The number of amides is 2. The highest BCUT2D eigenvalue weighted by atomic mass is 32.2. The Labute approximate surface area is 221 Å². The monoisotopic (exact) mass is 529 g/mol. The Morgan fingerprint density at radius 1 is 1.03 bits per heavy atom. The van der Waals surface area contributed by atoms with E-state index in [2.05, 4.69) is 0 Å². The third-order valence-electron chi connectivity index (χ3n) is 6.71. The third kappa shape index (κ3) is 7.32. The van der Waals surface area contributed by atoms with E-state index >= 15 is 0 Å². The van der Waals surface area contributed by atoms with Gasteiger partial charge in [-0.15, -0.1) is 0 Å². The number of hydrogen-bond acceptors (Lipinski definition) is 5. The molecule has 0 spiro atoms. The lowest BCUT2D eigenvalue weighted by atomic mass is 10.0. The Kier molecular flexibility index (Phi) is 10.1. The first kappa shape index (κ1) is 28.7. The second kappa shape index (κ2) is 13.1. The Morgan fingerprint density at radius 3 is 2.19 bits per heavy atom. The van der Waals surface area contributed by atoms with Gasteiger partial charge in [-0.05, 0) is 49.1 Å². The summed E-state index contributed by atoms with van der Waals surface area (Å²) in [5, 5.41) is 0. The van der Waals surface area contributed by atoms with Gasteiger partial charge < -0.3 is 14.5 Å². The van der Waals surface area contributed by atoms with Crippen LogP contribution < -0.4 is 4.74 Å². The van der Waals surface area contributed by atoms with E-state index in [9.17, 15) is 18.0 Å². The number of hydrogen-bond donors (Lipinski definition) is 0. The first-order valence-corrected chi connectivity index (χ1v) is 14.4. The summed E-state index contributed by atoms with van der Waals surface area (Å²) in [6.07, 6.45) is 1.90. The predicted octanol–water partition coefficient (Wildman–Crippen LogP) is 3.77. The first-order valence-electron chi connectivity index (χ1n) is 12.9. The molecule has 0 radical (unpaired) electrons. The number of sulfonamides is 1. The maximum atomic E-state index is 13.8. The molecule has 8 nitrogen and oxygen atoms in total. The van der Waals surface area contributed by atoms with Gasteiger partial charge in [-0.3, -0.25) is 9.59 Å². The number of carbonyl (C=O) groups is 2. The van der Waals surface area contributed by atoms with Crippen LogP contribution >= 0.6 is 0 Å². The van der Waals surface area contributed by atoms with Gasteiger partial charge in [-0.2, -0.15) is 4.31 Å². The zero-order valence-electron chi connectivity index (χ0n) is 22.3. The molecule has 1 saturated heterocycles. The van der Waals surface area contributed by atoms with Gasteiger partial charge in [0.2, 0.25) is 21.8 Å². The summed E-state index contributed by atoms with van der Waals surface area (Å²) in [4.78, 5) is 30.1. The van der Waals surface area contributed by atoms with Crippen molar-refractivity contribution in [1.82, 2.24) is 14.1 Å². The maximum absolute atomic E-state index is 13.8. The van der Waals surface area contributed by atoms with E-state index in [0.29, 0.717) is 38.9 Å². The van der Waals surface area contributed by atoms with Crippen LogP contribution in [0.5, 0.6) is 5.75 Å². The Balaban J connectivity index is 1.83. The highest BCUT2D eigenvalue weighted by Gasteiger charge is 2.33. The molecule has 0 aliphatic carbocycles. The van der Waals surface area contributed by atoms with Crippen molar-refractivity contribution in [3.05, 3.63) is 60.2 Å². The SMILES string of the molecule is CCCN(CC(=O)N(Cc1ccc(OC)cc1)C1CCN(C(=O)C(C)C)CC1)S(=O)(=O)c1ccccc1. The molecule has 1 aliphatic rings. The fourth-order valence-electron chi connectivity index (χ4n) is 4.63. The number of carbonyl (C=O) groups excluding carboxylic acids is 2. The lowest BCUT2D eigenvalue weighted by Gasteiger charge is -2.40. The van der Waals surface area contributed by atoms with Gasteiger partial charge in [-0.1, -0.05) is 51.1 Å². The fourth-order valence-corrected chi connectivity index (χ4v) is 6.13. The highest BCUT2D eigenvalue weighted by molar-refractivity contribution is 7.89. The van der Waals surface area contributed by atoms with Crippen molar-refractivity contribution >= 4 is 21.8 Å². The van der Waals surface area contributed by atoms with Crippen LogP contribution in [0, 0.1) is 5.92 Å². The van der Waals surface area contributed by atoms with Crippen LogP contribution in [0.25, 0.3) is 0 Å². The molecule has 37 heavy (non-hydrogen) atoms. The second-order valence-electron chi connectivity index (χ2n) is 9.73. The van der Waals surface area contributed by atoms with Crippen LogP contribution in [0.1, 0.15) is 45.6 Å². The van der Waals surface area contributed by atoms with Gasteiger partial charge in [0.05, 0.1) is 18.6 Å². The summed E-state index contributed by atoms with van der Waals surface area (Å²) >= 11 is 0. The largest absolute Gasteiger partial charge is 0.497 e. The van der Waals surface area contributed by atoms with Crippen LogP contribution in [-0.2, 0) is 26.2 Å². The van der Waals surface area contributed by atoms with Gasteiger partial charge >= 0.3 is 0 Å². The first-order chi connectivity index (χ1) is 17.7. The number of nitrogens with zero attached hydrogens (tertiary/aromatic N) is 3. The quantitative estimate of drug-likeness (QED) is 0.442. The molecular weight excluding hydrogens is 490 g/mol. The summed E-state index contributed by atoms with van der Waals surface area (Å²) in [6, 6.07) is 15.7. The molecule has 2 aromatic carbocycles. The van der Waals surface area contributed by atoms with Gasteiger partial charge in [0.1, 0.15) is 5.75 Å². The summed E-state index contributed by atoms with van der Waals surface area (Å²) in [7, 11) is -2.21. The van der Waals surface area contributed by atoms with Crippen LogP contribution in [0.15, 0.2) is 59.5 Å². The number of likely N-dealkylation sites (tertiary alicyclic amines) is 1. The average molecular weight is 530 g/mol. The van der Waals surface area contributed by atoms with E-state index in [4.69, 9.17) is 4.74 Å². The number of benzene rings is 2. The Hall–Kier alpha value is -2.91. The minimum Gasteiger partial charge on any atom is -0.497 e.